The number of fused-ring (bicyclic) bond motifs is 4. The molecule has 3 aromatic carbocycles. The van der Waals surface area contributed by atoms with E-state index in [4.69, 9.17) is 0 Å². The second-order valence-electron chi connectivity index (χ2n) is 13.6. The first kappa shape index (κ1) is 36.1. The van der Waals surface area contributed by atoms with Gasteiger partial charge in [0, 0.05) is 22.5 Å². The zero-order valence-electron chi connectivity index (χ0n) is 30.8. The van der Waals surface area contributed by atoms with Gasteiger partial charge in [0.1, 0.15) is 0 Å². The Kier molecular flexibility index (Phi) is 11.9. The molecular weight excluding hydrogens is 603 g/mol. The average molecular weight is 656 g/mol. The fourth-order valence-corrected chi connectivity index (χ4v) is 7.38. The van der Waals surface area contributed by atoms with Gasteiger partial charge in [-0.3, -0.25) is 0 Å². The van der Waals surface area contributed by atoms with Gasteiger partial charge >= 0.3 is 0 Å². The molecule has 2 aliphatic rings. The van der Waals surface area contributed by atoms with Crippen LogP contribution < -0.4 is 4.90 Å². The van der Waals surface area contributed by atoms with Gasteiger partial charge in [-0.1, -0.05) is 157 Å². The van der Waals surface area contributed by atoms with Crippen LogP contribution in [-0.2, 0) is 11.8 Å². The summed E-state index contributed by atoms with van der Waals surface area (Å²) in [5.74, 6) is 0.236. The summed E-state index contributed by atoms with van der Waals surface area (Å²) in [6.07, 6.45) is 29.4. The quantitative estimate of drug-likeness (QED) is 0.186. The molecule has 0 bridgehead atoms. The molecule has 1 unspecified atom stereocenters. The van der Waals surface area contributed by atoms with Gasteiger partial charge in [-0.15, -0.1) is 0 Å². The number of hydrogen-bond donors (Lipinski definition) is 0. The maximum atomic E-state index is 4.59. The lowest BCUT2D eigenvalue weighted by Crippen LogP contribution is -2.27. The monoisotopic (exact) mass is 655 g/mol. The van der Waals surface area contributed by atoms with Crippen molar-refractivity contribution in [3.05, 3.63) is 204 Å². The number of anilines is 2. The SMILES string of the molecule is C=C\C=C/C=C(C)/C(C=C)=C/C=C(\C(C)C)N(c1ccc(CC)cc1)c1ccc2c(c1)C1(C/C=C\C=C/C2=C)C/C(=C\CC)c2ccccc21. The summed E-state index contributed by atoms with van der Waals surface area (Å²) in [5, 5.41) is 0. The van der Waals surface area contributed by atoms with Crippen molar-refractivity contribution in [1.29, 1.82) is 0 Å². The van der Waals surface area contributed by atoms with Crippen molar-refractivity contribution < 1.29 is 0 Å². The minimum absolute atomic E-state index is 0.218. The van der Waals surface area contributed by atoms with E-state index < -0.39 is 0 Å². The van der Waals surface area contributed by atoms with Crippen LogP contribution in [0.15, 0.2) is 176 Å². The molecule has 1 spiro atoms. The summed E-state index contributed by atoms with van der Waals surface area (Å²) >= 11 is 0. The number of hydrogen-bond acceptors (Lipinski definition) is 1. The molecule has 0 heterocycles. The highest BCUT2D eigenvalue weighted by atomic mass is 15.2. The van der Waals surface area contributed by atoms with Crippen molar-refractivity contribution in [3.8, 4) is 0 Å². The Morgan fingerprint density at radius 2 is 1.62 bits per heavy atom. The number of aryl methyl sites for hydroxylation is 1. The molecule has 3 aromatic rings. The zero-order valence-corrected chi connectivity index (χ0v) is 30.8. The first-order chi connectivity index (χ1) is 24.3. The van der Waals surface area contributed by atoms with Crippen molar-refractivity contribution in [2.75, 3.05) is 4.90 Å². The van der Waals surface area contributed by atoms with E-state index in [1.165, 1.54) is 39.1 Å². The van der Waals surface area contributed by atoms with E-state index >= 15 is 0 Å². The second-order valence-corrected chi connectivity index (χ2v) is 13.6. The summed E-state index contributed by atoms with van der Waals surface area (Å²) < 4.78 is 0. The predicted molar refractivity (Wildman–Crippen MR) is 221 cm³/mol. The van der Waals surface area contributed by atoms with Crippen LogP contribution in [0.2, 0.25) is 0 Å². The van der Waals surface area contributed by atoms with Crippen LogP contribution in [0.5, 0.6) is 0 Å². The smallest absolute Gasteiger partial charge is 0.0462 e. The highest BCUT2D eigenvalue weighted by Crippen LogP contribution is 2.54. The summed E-state index contributed by atoms with van der Waals surface area (Å²) in [6, 6.07) is 25.2. The highest BCUT2D eigenvalue weighted by molar-refractivity contribution is 5.84. The molecule has 0 radical (unpaired) electrons. The third kappa shape index (κ3) is 7.53. The van der Waals surface area contributed by atoms with Crippen molar-refractivity contribution in [2.45, 2.75) is 65.7 Å². The van der Waals surface area contributed by atoms with E-state index in [1.54, 1.807) is 6.08 Å². The minimum Gasteiger partial charge on any atom is -0.314 e. The van der Waals surface area contributed by atoms with Crippen LogP contribution >= 0.6 is 0 Å². The molecule has 2 aliphatic carbocycles. The Balaban J connectivity index is 1.78. The van der Waals surface area contributed by atoms with E-state index in [0.29, 0.717) is 0 Å². The van der Waals surface area contributed by atoms with Crippen LogP contribution in [0.25, 0.3) is 11.1 Å². The fourth-order valence-electron chi connectivity index (χ4n) is 7.38. The van der Waals surface area contributed by atoms with E-state index in [-0.39, 0.29) is 11.3 Å². The van der Waals surface area contributed by atoms with Crippen molar-refractivity contribution >= 4 is 22.5 Å². The minimum atomic E-state index is -0.218. The molecule has 1 heteroatoms. The Morgan fingerprint density at radius 1 is 0.860 bits per heavy atom. The van der Waals surface area contributed by atoms with Gasteiger partial charge < -0.3 is 4.90 Å². The average Bonchev–Trinajstić information content (AvgIpc) is 3.47. The number of allylic oxidation sites excluding steroid dienone is 17. The van der Waals surface area contributed by atoms with Crippen molar-refractivity contribution in [2.24, 2.45) is 5.92 Å². The van der Waals surface area contributed by atoms with Crippen LogP contribution in [-0.4, -0.2) is 0 Å². The predicted octanol–water partition coefficient (Wildman–Crippen LogP) is 13.7. The molecule has 0 saturated heterocycles. The molecule has 0 aliphatic heterocycles. The van der Waals surface area contributed by atoms with E-state index in [1.807, 2.05) is 18.2 Å². The Morgan fingerprint density at radius 3 is 2.32 bits per heavy atom. The first-order valence-corrected chi connectivity index (χ1v) is 18.1. The molecule has 0 N–H and O–H groups in total. The highest BCUT2D eigenvalue weighted by Gasteiger charge is 2.43. The van der Waals surface area contributed by atoms with Gasteiger partial charge in [-0.2, -0.15) is 0 Å². The third-order valence-corrected chi connectivity index (χ3v) is 10.0. The molecule has 254 valence electrons. The first-order valence-electron chi connectivity index (χ1n) is 18.1. The lowest BCUT2D eigenvalue weighted by Gasteiger charge is -2.35. The second kappa shape index (κ2) is 16.5. The molecule has 0 saturated carbocycles. The van der Waals surface area contributed by atoms with E-state index in [9.17, 15) is 0 Å². The standard InChI is InChI=1S/C49H53N/c1-9-13-15-21-37(7)40(12-4)27-32-48(36(5)6)50(42-28-25-39(11-3)26-29-42)43-30-31-44-38(8)22-16-14-19-33-49(47(44)34-43)35-41(20-10-2)45-23-17-18-24-46(45)49/h9,12-32,34,36H,1,4,8,10-11,33,35H2,2-3,5-7H3/b15-13-,19-14-,22-16-,37-21+,40-27+,41-20+,48-32+. The van der Waals surface area contributed by atoms with Crippen molar-refractivity contribution in [1.82, 2.24) is 0 Å². The summed E-state index contributed by atoms with van der Waals surface area (Å²) in [6.45, 7) is 23.7. The van der Waals surface area contributed by atoms with Crippen LogP contribution in [0.4, 0.5) is 11.4 Å². The maximum Gasteiger partial charge on any atom is 0.0462 e. The maximum absolute atomic E-state index is 4.59. The Bertz CT molecular complexity index is 1950. The van der Waals surface area contributed by atoms with Gasteiger partial charge in [0.25, 0.3) is 0 Å². The largest absolute Gasteiger partial charge is 0.314 e. The van der Waals surface area contributed by atoms with Gasteiger partial charge in [-0.25, -0.2) is 0 Å². The number of nitrogens with zero attached hydrogens (tertiary/aromatic N) is 1. The van der Waals surface area contributed by atoms with Crippen LogP contribution in [0.1, 0.15) is 81.7 Å². The molecule has 1 atom stereocenters. The lowest BCUT2D eigenvalue weighted by atomic mass is 9.70. The summed E-state index contributed by atoms with van der Waals surface area (Å²) in [4.78, 5) is 2.46. The van der Waals surface area contributed by atoms with Gasteiger partial charge in [-0.05, 0) is 119 Å². The van der Waals surface area contributed by atoms with Crippen LogP contribution in [0, 0.1) is 5.92 Å². The van der Waals surface area contributed by atoms with Gasteiger partial charge in [0.15, 0.2) is 0 Å². The molecule has 50 heavy (non-hydrogen) atoms. The normalized spacial score (nSPS) is 20.0. The molecule has 5 rings (SSSR count). The Labute approximate surface area is 302 Å². The molecule has 0 amide bonds. The van der Waals surface area contributed by atoms with E-state index in [2.05, 4.69) is 175 Å². The van der Waals surface area contributed by atoms with Gasteiger partial charge in [0.05, 0.1) is 0 Å². The number of rotatable bonds is 11. The Hall–Kier alpha value is -5.14. The molecule has 1 nitrogen and oxygen atoms in total. The summed E-state index contributed by atoms with van der Waals surface area (Å²) in [7, 11) is 0. The molecular formula is C49H53N. The number of benzene rings is 3. The third-order valence-electron chi connectivity index (χ3n) is 10.0. The van der Waals surface area contributed by atoms with E-state index in [0.717, 1.165) is 53.8 Å². The molecule has 0 aromatic heterocycles. The zero-order chi connectivity index (χ0) is 35.7. The topological polar surface area (TPSA) is 3.24 Å². The van der Waals surface area contributed by atoms with Crippen molar-refractivity contribution in [3.63, 3.8) is 0 Å². The summed E-state index contributed by atoms with van der Waals surface area (Å²) in [5.41, 5.74) is 14.6. The van der Waals surface area contributed by atoms with Crippen LogP contribution in [0.3, 0.4) is 0 Å². The fraction of sp³-hybridized carbons (Fsp3) is 0.224. The van der Waals surface area contributed by atoms with Gasteiger partial charge in [0.2, 0.25) is 0 Å². The molecule has 0 fully saturated rings. The lowest BCUT2D eigenvalue weighted by molar-refractivity contribution is 0.554.